The molecule has 2 N–H and O–H groups in total. The summed E-state index contributed by atoms with van der Waals surface area (Å²) in [5.74, 6) is 2.55. The molecule has 0 spiro atoms. The van der Waals surface area contributed by atoms with Gasteiger partial charge < -0.3 is 10.4 Å². The lowest BCUT2D eigenvalue weighted by molar-refractivity contribution is -0.0329. The lowest BCUT2D eigenvalue weighted by Gasteiger charge is -2.38. The van der Waals surface area contributed by atoms with Gasteiger partial charge in [-0.15, -0.1) is 0 Å². The van der Waals surface area contributed by atoms with Crippen molar-refractivity contribution < 1.29 is 5.11 Å². The molecule has 76 valence electrons. The third kappa shape index (κ3) is 2.61. The van der Waals surface area contributed by atoms with Crippen molar-refractivity contribution in [3.05, 3.63) is 0 Å². The van der Waals surface area contributed by atoms with E-state index < -0.39 is 0 Å². The molecule has 13 heavy (non-hydrogen) atoms. The van der Waals surface area contributed by atoms with Crippen molar-refractivity contribution in [1.82, 2.24) is 5.32 Å². The second-order valence-corrected chi connectivity index (χ2v) is 5.52. The number of thioether (sulfide) groups is 1. The van der Waals surface area contributed by atoms with Gasteiger partial charge in [0.1, 0.15) is 0 Å². The predicted molar refractivity (Wildman–Crippen MR) is 57.2 cm³/mol. The Morgan fingerprint density at radius 2 is 2.23 bits per heavy atom. The van der Waals surface area contributed by atoms with Crippen LogP contribution in [0.5, 0.6) is 0 Å². The molecule has 0 radical (unpaired) electrons. The Morgan fingerprint density at radius 3 is 2.77 bits per heavy atom. The largest absolute Gasteiger partial charge is 0.389 e. The summed E-state index contributed by atoms with van der Waals surface area (Å²) in [4.78, 5) is 0. The van der Waals surface area contributed by atoms with Gasteiger partial charge in [0.2, 0.25) is 0 Å². The smallest absolute Gasteiger partial charge is 0.0771 e. The SMILES string of the molecule is OC1(CNC2CCCSC2)CCC1. The molecule has 0 bridgehead atoms. The summed E-state index contributed by atoms with van der Waals surface area (Å²) in [7, 11) is 0. The molecule has 1 saturated carbocycles. The zero-order valence-electron chi connectivity index (χ0n) is 8.09. The van der Waals surface area contributed by atoms with Crippen LogP contribution in [-0.4, -0.2) is 34.8 Å². The Labute approximate surface area is 84.5 Å². The van der Waals surface area contributed by atoms with Gasteiger partial charge in [0.25, 0.3) is 0 Å². The van der Waals surface area contributed by atoms with Crippen molar-refractivity contribution in [2.45, 2.75) is 43.7 Å². The zero-order valence-corrected chi connectivity index (χ0v) is 8.91. The fraction of sp³-hybridized carbons (Fsp3) is 1.00. The van der Waals surface area contributed by atoms with Crippen LogP contribution in [0.3, 0.4) is 0 Å². The van der Waals surface area contributed by atoms with Gasteiger partial charge in [-0.25, -0.2) is 0 Å². The molecule has 1 heterocycles. The molecule has 0 amide bonds. The van der Waals surface area contributed by atoms with Crippen molar-refractivity contribution in [2.24, 2.45) is 0 Å². The highest BCUT2D eigenvalue weighted by Gasteiger charge is 2.34. The van der Waals surface area contributed by atoms with Crippen molar-refractivity contribution >= 4 is 11.8 Å². The summed E-state index contributed by atoms with van der Waals surface area (Å²) in [6.45, 7) is 0.818. The maximum atomic E-state index is 9.87. The van der Waals surface area contributed by atoms with E-state index in [-0.39, 0.29) is 5.60 Å². The van der Waals surface area contributed by atoms with Gasteiger partial charge in [0.15, 0.2) is 0 Å². The monoisotopic (exact) mass is 201 g/mol. The van der Waals surface area contributed by atoms with Crippen molar-refractivity contribution in [1.29, 1.82) is 0 Å². The second kappa shape index (κ2) is 4.20. The van der Waals surface area contributed by atoms with Crippen molar-refractivity contribution in [2.75, 3.05) is 18.1 Å². The van der Waals surface area contributed by atoms with E-state index in [1.165, 1.54) is 30.8 Å². The van der Waals surface area contributed by atoms with Crippen LogP contribution >= 0.6 is 11.8 Å². The van der Waals surface area contributed by atoms with E-state index in [1.54, 1.807) is 0 Å². The van der Waals surface area contributed by atoms with Gasteiger partial charge in [-0.2, -0.15) is 11.8 Å². The molecule has 2 nitrogen and oxygen atoms in total. The lowest BCUT2D eigenvalue weighted by atomic mass is 9.80. The first kappa shape index (κ1) is 9.81. The van der Waals surface area contributed by atoms with Crippen LogP contribution in [0, 0.1) is 0 Å². The minimum Gasteiger partial charge on any atom is -0.389 e. The minimum absolute atomic E-state index is 0.345. The third-order valence-corrected chi connectivity index (χ3v) is 4.38. The fourth-order valence-electron chi connectivity index (χ4n) is 2.00. The first-order valence-electron chi connectivity index (χ1n) is 5.32. The van der Waals surface area contributed by atoms with Crippen LogP contribution in [0.25, 0.3) is 0 Å². The standard InChI is InChI=1S/C10H19NOS/c12-10(4-2-5-10)8-11-9-3-1-6-13-7-9/h9,11-12H,1-8H2. The van der Waals surface area contributed by atoms with Gasteiger partial charge in [0, 0.05) is 18.3 Å². The number of hydrogen-bond acceptors (Lipinski definition) is 3. The molecule has 2 aliphatic rings. The Kier molecular flexibility index (Phi) is 3.17. The molecule has 0 aromatic carbocycles. The lowest BCUT2D eigenvalue weighted by Crippen LogP contribution is -2.49. The molecular formula is C10H19NOS. The number of nitrogens with one attached hydrogen (secondary N) is 1. The van der Waals surface area contributed by atoms with Crippen LogP contribution in [0.15, 0.2) is 0 Å². The summed E-state index contributed by atoms with van der Waals surface area (Å²) in [5.41, 5.74) is -0.345. The van der Waals surface area contributed by atoms with Crippen molar-refractivity contribution in [3.8, 4) is 0 Å². The van der Waals surface area contributed by atoms with Gasteiger partial charge in [-0.05, 0) is 37.9 Å². The van der Waals surface area contributed by atoms with Crippen molar-refractivity contribution in [3.63, 3.8) is 0 Å². The molecule has 1 unspecified atom stereocenters. The fourth-order valence-corrected chi connectivity index (χ4v) is 3.10. The van der Waals surface area contributed by atoms with Crippen LogP contribution in [0.1, 0.15) is 32.1 Å². The maximum Gasteiger partial charge on any atom is 0.0771 e. The molecule has 2 fully saturated rings. The Morgan fingerprint density at radius 1 is 1.38 bits per heavy atom. The summed E-state index contributed by atoms with van der Waals surface area (Å²) in [6.07, 6.45) is 5.83. The van der Waals surface area contributed by atoms with E-state index >= 15 is 0 Å². The highest BCUT2D eigenvalue weighted by atomic mass is 32.2. The van der Waals surface area contributed by atoms with Crippen LogP contribution in [-0.2, 0) is 0 Å². The van der Waals surface area contributed by atoms with Crippen LogP contribution in [0.4, 0.5) is 0 Å². The maximum absolute atomic E-state index is 9.87. The topological polar surface area (TPSA) is 32.3 Å². The van der Waals surface area contributed by atoms with E-state index in [1.807, 2.05) is 11.8 Å². The van der Waals surface area contributed by atoms with Gasteiger partial charge >= 0.3 is 0 Å². The second-order valence-electron chi connectivity index (χ2n) is 4.37. The molecule has 0 aromatic heterocycles. The Balaban J connectivity index is 1.66. The molecule has 0 aromatic rings. The first-order valence-corrected chi connectivity index (χ1v) is 6.48. The normalized spacial score (nSPS) is 32.5. The van der Waals surface area contributed by atoms with E-state index in [9.17, 15) is 5.11 Å². The summed E-state index contributed by atoms with van der Waals surface area (Å²) < 4.78 is 0. The van der Waals surface area contributed by atoms with Crippen LogP contribution < -0.4 is 5.32 Å². The molecule has 1 atom stereocenters. The third-order valence-electron chi connectivity index (χ3n) is 3.16. The summed E-state index contributed by atoms with van der Waals surface area (Å²) >= 11 is 2.04. The van der Waals surface area contributed by atoms with E-state index in [4.69, 9.17) is 0 Å². The zero-order chi connectivity index (χ0) is 9.15. The molecule has 2 rings (SSSR count). The molecule has 1 aliphatic carbocycles. The number of aliphatic hydroxyl groups is 1. The van der Waals surface area contributed by atoms with Crippen LogP contribution in [0.2, 0.25) is 0 Å². The van der Waals surface area contributed by atoms with E-state index in [0.717, 1.165) is 19.4 Å². The highest BCUT2D eigenvalue weighted by Crippen LogP contribution is 2.31. The molecular weight excluding hydrogens is 182 g/mol. The van der Waals surface area contributed by atoms with Gasteiger partial charge in [-0.3, -0.25) is 0 Å². The summed E-state index contributed by atoms with van der Waals surface area (Å²) in [6, 6.07) is 0.656. The highest BCUT2D eigenvalue weighted by molar-refractivity contribution is 7.99. The van der Waals surface area contributed by atoms with E-state index in [2.05, 4.69) is 5.32 Å². The molecule has 1 saturated heterocycles. The van der Waals surface area contributed by atoms with Gasteiger partial charge in [0.05, 0.1) is 5.60 Å². The number of hydrogen-bond donors (Lipinski definition) is 2. The summed E-state index contributed by atoms with van der Waals surface area (Å²) in [5, 5.41) is 13.4. The quantitative estimate of drug-likeness (QED) is 0.723. The number of rotatable bonds is 3. The average Bonchev–Trinajstić information content (AvgIpc) is 2.13. The van der Waals surface area contributed by atoms with Gasteiger partial charge in [-0.1, -0.05) is 0 Å². The molecule has 3 heteroatoms. The average molecular weight is 201 g/mol. The van der Waals surface area contributed by atoms with E-state index in [0.29, 0.717) is 6.04 Å². The Hall–Kier alpha value is 0.270. The predicted octanol–water partition coefficient (Wildman–Crippen LogP) is 1.39. The first-order chi connectivity index (χ1) is 6.29. The molecule has 1 aliphatic heterocycles. The minimum atomic E-state index is -0.345. The Bertz CT molecular complexity index is 164.